The van der Waals surface area contributed by atoms with Crippen LogP contribution >= 0.6 is 15.9 Å². The van der Waals surface area contributed by atoms with Gasteiger partial charge in [-0.3, -0.25) is 0 Å². The van der Waals surface area contributed by atoms with Crippen LogP contribution in [-0.4, -0.2) is 12.5 Å². The fourth-order valence-electron chi connectivity index (χ4n) is 0.766. The third kappa shape index (κ3) is 3.72. The smallest absolute Gasteiger partial charge is 0.278 e. The van der Waals surface area contributed by atoms with Gasteiger partial charge in [-0.2, -0.15) is 0 Å². The van der Waals surface area contributed by atoms with E-state index in [2.05, 4.69) is 15.9 Å². The van der Waals surface area contributed by atoms with Crippen molar-refractivity contribution in [1.82, 2.24) is 0 Å². The molecule has 1 rings (SSSR count). The minimum atomic E-state index is -2.80. The van der Waals surface area contributed by atoms with Crippen molar-refractivity contribution in [2.75, 3.05) is 6.61 Å². The molecule has 0 aliphatic heterocycles. The number of benzene rings is 1. The van der Waals surface area contributed by atoms with E-state index in [0.717, 1.165) is 6.92 Å². The Morgan fingerprint density at radius 3 is 2.54 bits per heavy atom. The van der Waals surface area contributed by atoms with Crippen LogP contribution in [0.25, 0.3) is 0 Å². The molecule has 0 N–H and O–H groups in total. The molecule has 1 nitrogen and oxygen atoms in total. The molecular formula is C9H9BrF2O. The zero-order valence-electron chi connectivity index (χ0n) is 7.06. The molecule has 1 aromatic carbocycles. The van der Waals surface area contributed by atoms with E-state index in [0.29, 0.717) is 10.2 Å². The second kappa shape index (κ2) is 4.05. The maximum atomic E-state index is 12.4. The first-order chi connectivity index (χ1) is 5.99. The lowest BCUT2D eigenvalue weighted by Crippen LogP contribution is -2.20. The number of hydrogen-bond acceptors (Lipinski definition) is 1. The van der Waals surface area contributed by atoms with Crippen LogP contribution in [0.15, 0.2) is 28.7 Å². The van der Waals surface area contributed by atoms with E-state index < -0.39 is 12.5 Å². The molecule has 4 heteroatoms. The van der Waals surface area contributed by atoms with Crippen molar-refractivity contribution in [1.29, 1.82) is 0 Å². The quantitative estimate of drug-likeness (QED) is 0.799. The number of hydrogen-bond donors (Lipinski definition) is 0. The Morgan fingerprint density at radius 1 is 1.38 bits per heavy atom. The summed E-state index contributed by atoms with van der Waals surface area (Å²) >= 11 is 3.19. The molecule has 0 saturated heterocycles. The van der Waals surface area contributed by atoms with Crippen LogP contribution in [-0.2, 0) is 0 Å². The predicted octanol–water partition coefficient (Wildman–Crippen LogP) is 3.48. The predicted molar refractivity (Wildman–Crippen MR) is 50.3 cm³/mol. The minimum absolute atomic E-state index is 0.434. The Bertz CT molecular complexity index is 283. The molecule has 1 aromatic rings. The van der Waals surface area contributed by atoms with E-state index in [4.69, 9.17) is 4.74 Å². The maximum Gasteiger partial charge on any atom is 0.278 e. The Hall–Kier alpha value is -0.640. The average Bonchev–Trinajstić information content (AvgIpc) is 2.01. The molecule has 0 aromatic heterocycles. The zero-order chi connectivity index (χ0) is 9.90. The van der Waals surface area contributed by atoms with Crippen molar-refractivity contribution in [2.24, 2.45) is 0 Å². The van der Waals surface area contributed by atoms with Gasteiger partial charge in [0.2, 0.25) is 0 Å². The molecule has 0 bridgehead atoms. The normalized spacial score (nSPS) is 11.4. The first-order valence-corrected chi connectivity index (χ1v) is 4.53. The van der Waals surface area contributed by atoms with Crippen molar-refractivity contribution in [3.8, 4) is 5.75 Å². The molecule has 0 saturated carbocycles. The van der Waals surface area contributed by atoms with E-state index in [1.54, 1.807) is 24.3 Å². The summed E-state index contributed by atoms with van der Waals surface area (Å²) < 4.78 is 30.4. The van der Waals surface area contributed by atoms with Crippen LogP contribution in [0.4, 0.5) is 8.78 Å². The van der Waals surface area contributed by atoms with Crippen molar-refractivity contribution >= 4 is 15.9 Å². The van der Waals surface area contributed by atoms with Crippen molar-refractivity contribution in [2.45, 2.75) is 12.8 Å². The van der Waals surface area contributed by atoms with Gasteiger partial charge in [-0.05, 0) is 28.1 Å². The molecule has 0 aliphatic carbocycles. The lowest BCUT2D eigenvalue weighted by atomic mass is 10.3. The summed E-state index contributed by atoms with van der Waals surface area (Å²) in [6.45, 7) is 0.222. The number of ether oxygens (including phenoxy) is 1. The molecule has 0 aliphatic rings. The van der Waals surface area contributed by atoms with Gasteiger partial charge < -0.3 is 4.74 Å². The summed E-state index contributed by atoms with van der Waals surface area (Å²) in [4.78, 5) is 0. The highest BCUT2D eigenvalue weighted by Crippen LogP contribution is 2.25. The Balaban J connectivity index is 2.60. The van der Waals surface area contributed by atoms with Gasteiger partial charge in [-0.1, -0.05) is 12.1 Å². The van der Waals surface area contributed by atoms with E-state index in [1.807, 2.05) is 0 Å². The lowest BCUT2D eigenvalue weighted by molar-refractivity contribution is -0.0231. The first-order valence-electron chi connectivity index (χ1n) is 3.74. The molecule has 0 amide bonds. The number of alkyl halides is 2. The summed E-state index contributed by atoms with van der Waals surface area (Å²) in [5, 5.41) is 0. The Labute approximate surface area is 83.8 Å². The molecule has 0 fully saturated rings. The molecule has 72 valence electrons. The van der Waals surface area contributed by atoms with Gasteiger partial charge in [0.1, 0.15) is 5.75 Å². The second-order valence-corrected chi connectivity index (χ2v) is 3.64. The van der Waals surface area contributed by atoms with E-state index in [1.165, 1.54) is 0 Å². The van der Waals surface area contributed by atoms with Gasteiger partial charge >= 0.3 is 0 Å². The zero-order valence-corrected chi connectivity index (χ0v) is 8.64. The summed E-state index contributed by atoms with van der Waals surface area (Å²) in [5.74, 6) is -2.36. The fraction of sp³-hybridized carbons (Fsp3) is 0.333. The van der Waals surface area contributed by atoms with Gasteiger partial charge in [-0.25, -0.2) is 8.78 Å². The monoisotopic (exact) mass is 250 g/mol. The molecule has 0 unspecified atom stereocenters. The van der Waals surface area contributed by atoms with Crippen LogP contribution in [0.3, 0.4) is 0 Å². The number of para-hydroxylation sites is 1. The van der Waals surface area contributed by atoms with Gasteiger partial charge in [0.05, 0.1) is 4.47 Å². The summed E-state index contributed by atoms with van der Waals surface area (Å²) in [6.07, 6.45) is 0. The Morgan fingerprint density at radius 2 is 2.00 bits per heavy atom. The van der Waals surface area contributed by atoms with E-state index in [9.17, 15) is 8.78 Å². The third-order valence-electron chi connectivity index (χ3n) is 1.32. The first kappa shape index (κ1) is 10.4. The van der Waals surface area contributed by atoms with Crippen LogP contribution in [0.5, 0.6) is 5.75 Å². The van der Waals surface area contributed by atoms with Gasteiger partial charge in [0.25, 0.3) is 5.92 Å². The summed E-state index contributed by atoms with van der Waals surface area (Å²) in [7, 11) is 0. The van der Waals surface area contributed by atoms with Gasteiger partial charge in [-0.15, -0.1) is 0 Å². The van der Waals surface area contributed by atoms with Crippen molar-refractivity contribution in [3.63, 3.8) is 0 Å². The third-order valence-corrected chi connectivity index (χ3v) is 1.97. The molecule has 13 heavy (non-hydrogen) atoms. The highest BCUT2D eigenvalue weighted by molar-refractivity contribution is 9.10. The SMILES string of the molecule is CC(F)(F)COc1ccccc1Br. The average molecular weight is 251 g/mol. The largest absolute Gasteiger partial charge is 0.486 e. The standard InChI is InChI=1S/C9H9BrF2O/c1-9(11,12)6-13-8-5-3-2-4-7(8)10/h2-5H,6H2,1H3. The van der Waals surface area contributed by atoms with Gasteiger partial charge in [0, 0.05) is 6.92 Å². The summed E-state index contributed by atoms with van der Waals surface area (Å²) in [6, 6.07) is 6.90. The molecule has 0 radical (unpaired) electrons. The second-order valence-electron chi connectivity index (χ2n) is 2.79. The Kier molecular flexibility index (Phi) is 3.25. The van der Waals surface area contributed by atoms with E-state index >= 15 is 0 Å². The van der Waals surface area contributed by atoms with Crippen LogP contribution in [0, 0.1) is 0 Å². The number of rotatable bonds is 3. The van der Waals surface area contributed by atoms with Crippen LogP contribution in [0.1, 0.15) is 6.92 Å². The van der Waals surface area contributed by atoms with E-state index in [-0.39, 0.29) is 0 Å². The highest BCUT2D eigenvalue weighted by Gasteiger charge is 2.22. The maximum absolute atomic E-state index is 12.4. The minimum Gasteiger partial charge on any atom is -0.486 e. The summed E-state index contributed by atoms with van der Waals surface area (Å²) in [5.41, 5.74) is 0. The molecule has 0 atom stereocenters. The van der Waals surface area contributed by atoms with Crippen LogP contribution < -0.4 is 4.74 Å². The lowest BCUT2D eigenvalue weighted by Gasteiger charge is -2.12. The fourth-order valence-corrected chi connectivity index (χ4v) is 1.17. The number of halogens is 3. The van der Waals surface area contributed by atoms with Crippen molar-refractivity contribution in [3.05, 3.63) is 28.7 Å². The molecule has 0 heterocycles. The highest BCUT2D eigenvalue weighted by atomic mass is 79.9. The van der Waals surface area contributed by atoms with Crippen molar-refractivity contribution < 1.29 is 13.5 Å². The topological polar surface area (TPSA) is 9.23 Å². The molecular weight excluding hydrogens is 242 g/mol. The molecule has 0 spiro atoms. The van der Waals surface area contributed by atoms with Crippen LogP contribution in [0.2, 0.25) is 0 Å². The van der Waals surface area contributed by atoms with Gasteiger partial charge in [0.15, 0.2) is 6.61 Å².